The van der Waals surface area contributed by atoms with Gasteiger partial charge >= 0.3 is 11.9 Å². The standard InChI is InChI=1S/C14H11ClF3N3O4/c15-8-1-2-10(25-7-14(16,17)18)9(5-8)19-12(23)6-21-4-3-11(22)20-13(21)24/h1-5H,6-7H2,(H,19,23)(H,20,22,24). The molecule has 25 heavy (non-hydrogen) atoms. The molecule has 1 heterocycles. The van der Waals surface area contributed by atoms with Crippen LogP contribution in [-0.4, -0.2) is 28.2 Å². The maximum atomic E-state index is 12.3. The number of hydrogen-bond donors (Lipinski definition) is 2. The number of carbonyl (C=O) groups excluding carboxylic acids is 1. The van der Waals surface area contributed by atoms with Gasteiger partial charge in [0.15, 0.2) is 6.61 Å². The largest absolute Gasteiger partial charge is 0.482 e. The van der Waals surface area contributed by atoms with Gasteiger partial charge in [-0.1, -0.05) is 11.6 Å². The van der Waals surface area contributed by atoms with E-state index in [1.54, 1.807) is 0 Å². The Morgan fingerprint density at radius 2 is 2.00 bits per heavy atom. The molecule has 2 rings (SSSR count). The number of nitrogens with zero attached hydrogens (tertiary/aromatic N) is 1. The highest BCUT2D eigenvalue weighted by Crippen LogP contribution is 2.29. The number of alkyl halides is 3. The molecule has 0 radical (unpaired) electrons. The van der Waals surface area contributed by atoms with Crippen LogP contribution in [0.15, 0.2) is 40.1 Å². The summed E-state index contributed by atoms with van der Waals surface area (Å²) in [6.07, 6.45) is -3.44. The van der Waals surface area contributed by atoms with Crippen LogP contribution in [-0.2, 0) is 11.3 Å². The van der Waals surface area contributed by atoms with E-state index in [9.17, 15) is 27.6 Å². The third-order valence-electron chi connectivity index (χ3n) is 2.82. The van der Waals surface area contributed by atoms with Crippen LogP contribution in [0.1, 0.15) is 0 Å². The number of H-pyrrole nitrogens is 1. The van der Waals surface area contributed by atoms with Crippen molar-refractivity contribution >= 4 is 23.2 Å². The van der Waals surface area contributed by atoms with Gasteiger partial charge < -0.3 is 10.1 Å². The van der Waals surface area contributed by atoms with Gasteiger partial charge in [-0.25, -0.2) is 4.79 Å². The first-order chi connectivity index (χ1) is 11.6. The number of benzene rings is 1. The highest BCUT2D eigenvalue weighted by Gasteiger charge is 2.29. The number of carbonyl (C=O) groups is 1. The van der Waals surface area contributed by atoms with Crippen molar-refractivity contribution in [3.63, 3.8) is 0 Å². The number of halogens is 4. The van der Waals surface area contributed by atoms with Crippen molar-refractivity contribution in [1.29, 1.82) is 0 Å². The minimum atomic E-state index is -4.55. The summed E-state index contributed by atoms with van der Waals surface area (Å²) in [5.74, 6) is -0.961. The molecular weight excluding hydrogens is 367 g/mol. The second kappa shape index (κ2) is 7.43. The molecule has 1 amide bonds. The van der Waals surface area contributed by atoms with Crippen molar-refractivity contribution in [3.8, 4) is 5.75 Å². The molecule has 2 N–H and O–H groups in total. The van der Waals surface area contributed by atoms with Crippen LogP contribution in [0.2, 0.25) is 5.02 Å². The van der Waals surface area contributed by atoms with E-state index >= 15 is 0 Å². The van der Waals surface area contributed by atoms with Crippen LogP contribution >= 0.6 is 11.6 Å². The van der Waals surface area contributed by atoms with Crippen molar-refractivity contribution in [1.82, 2.24) is 9.55 Å². The molecule has 134 valence electrons. The minimum absolute atomic E-state index is 0.0841. The summed E-state index contributed by atoms with van der Waals surface area (Å²) in [6, 6.07) is 4.73. The van der Waals surface area contributed by atoms with Crippen LogP contribution in [0.4, 0.5) is 18.9 Å². The summed E-state index contributed by atoms with van der Waals surface area (Å²) in [6.45, 7) is -2.02. The molecular formula is C14H11ClF3N3O4. The molecule has 2 aromatic rings. The number of amides is 1. The maximum Gasteiger partial charge on any atom is 0.422 e. The van der Waals surface area contributed by atoms with Crippen molar-refractivity contribution in [3.05, 3.63) is 56.3 Å². The molecule has 0 saturated heterocycles. The number of nitrogens with one attached hydrogen (secondary N) is 2. The summed E-state index contributed by atoms with van der Waals surface area (Å²) in [5.41, 5.74) is -1.51. The fourth-order valence-electron chi connectivity index (χ4n) is 1.80. The molecule has 0 saturated carbocycles. The highest BCUT2D eigenvalue weighted by atomic mass is 35.5. The van der Waals surface area contributed by atoms with Crippen LogP contribution < -0.4 is 21.3 Å². The predicted octanol–water partition coefficient (Wildman–Crippen LogP) is 1.77. The van der Waals surface area contributed by atoms with E-state index < -0.39 is 36.5 Å². The summed E-state index contributed by atoms with van der Waals surface area (Å²) in [4.78, 5) is 36.4. The topological polar surface area (TPSA) is 93.2 Å². The fraction of sp³-hybridized carbons (Fsp3) is 0.214. The molecule has 0 atom stereocenters. The van der Waals surface area contributed by atoms with Gasteiger partial charge in [0.2, 0.25) is 5.91 Å². The zero-order chi connectivity index (χ0) is 18.6. The van der Waals surface area contributed by atoms with Gasteiger partial charge in [0.1, 0.15) is 12.3 Å². The lowest BCUT2D eigenvalue weighted by Crippen LogP contribution is -2.32. The molecule has 0 aliphatic carbocycles. The van der Waals surface area contributed by atoms with Crippen LogP contribution in [0.5, 0.6) is 5.75 Å². The molecule has 0 fully saturated rings. The van der Waals surface area contributed by atoms with Crippen molar-refractivity contribution < 1.29 is 22.7 Å². The zero-order valence-electron chi connectivity index (χ0n) is 12.4. The van der Waals surface area contributed by atoms with E-state index in [0.29, 0.717) is 0 Å². The Hall–Kier alpha value is -2.75. The van der Waals surface area contributed by atoms with Gasteiger partial charge in [0.25, 0.3) is 5.56 Å². The Bertz CT molecular complexity index is 892. The van der Waals surface area contributed by atoms with Gasteiger partial charge in [-0.05, 0) is 18.2 Å². The number of ether oxygens (including phenoxy) is 1. The van der Waals surface area contributed by atoms with Gasteiger partial charge in [-0.15, -0.1) is 0 Å². The van der Waals surface area contributed by atoms with E-state index in [2.05, 4.69) is 10.1 Å². The van der Waals surface area contributed by atoms with Crippen molar-refractivity contribution in [2.75, 3.05) is 11.9 Å². The van der Waals surface area contributed by atoms with Crippen LogP contribution in [0, 0.1) is 0 Å². The summed E-state index contributed by atoms with van der Waals surface area (Å²) in [7, 11) is 0. The number of aromatic nitrogens is 2. The number of hydrogen-bond acceptors (Lipinski definition) is 4. The zero-order valence-corrected chi connectivity index (χ0v) is 13.1. The lowest BCUT2D eigenvalue weighted by molar-refractivity contribution is -0.153. The number of rotatable bonds is 5. The Balaban J connectivity index is 2.15. The van der Waals surface area contributed by atoms with Crippen LogP contribution in [0.25, 0.3) is 0 Å². The van der Waals surface area contributed by atoms with Crippen molar-refractivity contribution in [2.24, 2.45) is 0 Å². The van der Waals surface area contributed by atoms with E-state index in [1.807, 2.05) is 4.98 Å². The predicted molar refractivity (Wildman–Crippen MR) is 83.0 cm³/mol. The average molecular weight is 378 g/mol. The Kier molecular flexibility index (Phi) is 5.52. The molecule has 0 aliphatic heterocycles. The molecule has 11 heteroatoms. The lowest BCUT2D eigenvalue weighted by Gasteiger charge is -2.14. The Morgan fingerprint density at radius 1 is 1.28 bits per heavy atom. The van der Waals surface area contributed by atoms with E-state index in [1.165, 1.54) is 18.2 Å². The summed E-state index contributed by atoms with van der Waals surface area (Å²) < 4.78 is 42.4. The SMILES string of the molecule is O=C(Cn1ccc(=O)[nH]c1=O)Nc1cc(Cl)ccc1OCC(F)(F)F. The lowest BCUT2D eigenvalue weighted by atomic mass is 10.3. The van der Waals surface area contributed by atoms with Gasteiger partial charge in [0.05, 0.1) is 5.69 Å². The van der Waals surface area contributed by atoms with E-state index in [4.69, 9.17) is 11.6 Å². The third kappa shape index (κ3) is 5.68. The first-order valence-electron chi connectivity index (χ1n) is 6.73. The monoisotopic (exact) mass is 377 g/mol. The summed E-state index contributed by atoms with van der Waals surface area (Å²) >= 11 is 5.77. The molecule has 1 aromatic heterocycles. The normalized spacial score (nSPS) is 11.2. The molecule has 1 aromatic carbocycles. The highest BCUT2D eigenvalue weighted by molar-refractivity contribution is 6.31. The van der Waals surface area contributed by atoms with Crippen molar-refractivity contribution in [2.45, 2.75) is 12.7 Å². The second-order valence-electron chi connectivity index (χ2n) is 4.83. The number of anilines is 1. The van der Waals surface area contributed by atoms with E-state index in [0.717, 1.165) is 16.8 Å². The maximum absolute atomic E-state index is 12.3. The quantitative estimate of drug-likeness (QED) is 0.830. The number of aromatic amines is 1. The minimum Gasteiger partial charge on any atom is -0.482 e. The first kappa shape index (κ1) is 18.6. The first-order valence-corrected chi connectivity index (χ1v) is 7.10. The molecule has 0 aliphatic rings. The van der Waals surface area contributed by atoms with E-state index in [-0.39, 0.29) is 16.5 Å². The molecule has 0 spiro atoms. The summed E-state index contributed by atoms with van der Waals surface area (Å²) in [5, 5.41) is 2.47. The second-order valence-corrected chi connectivity index (χ2v) is 5.27. The Labute approximate surface area is 143 Å². The van der Waals surface area contributed by atoms with Gasteiger partial charge in [-0.3, -0.25) is 19.1 Å². The molecule has 0 bridgehead atoms. The molecule has 0 unspecified atom stereocenters. The molecule has 7 nitrogen and oxygen atoms in total. The Morgan fingerprint density at radius 3 is 2.64 bits per heavy atom. The third-order valence-corrected chi connectivity index (χ3v) is 3.05. The smallest absolute Gasteiger partial charge is 0.422 e. The fourth-order valence-corrected chi connectivity index (χ4v) is 1.97. The average Bonchev–Trinajstić information content (AvgIpc) is 2.48. The van der Waals surface area contributed by atoms with Crippen LogP contribution in [0.3, 0.4) is 0 Å². The van der Waals surface area contributed by atoms with Gasteiger partial charge in [0, 0.05) is 17.3 Å². The van der Waals surface area contributed by atoms with Gasteiger partial charge in [-0.2, -0.15) is 13.2 Å².